The number of cyclic esters (lactones) is 1. The number of carbonyl (C=O) groups is 1. The minimum absolute atomic E-state index is 0.00571. The molecule has 0 fully saturated rings. The zero-order valence-electron chi connectivity index (χ0n) is 12.4. The van der Waals surface area contributed by atoms with Crippen molar-refractivity contribution in [2.24, 2.45) is 5.14 Å². The van der Waals surface area contributed by atoms with Crippen molar-refractivity contribution in [3.05, 3.63) is 63.6 Å². The van der Waals surface area contributed by atoms with Crippen molar-refractivity contribution in [2.75, 3.05) is 6.61 Å². The van der Waals surface area contributed by atoms with E-state index < -0.39 is 32.5 Å². The molecule has 1 aliphatic rings. The Morgan fingerprint density at radius 3 is 2.12 bits per heavy atom. The topological polar surface area (TPSA) is 86.5 Å². The maximum atomic E-state index is 14.1. The van der Waals surface area contributed by atoms with E-state index in [1.54, 1.807) is 24.3 Å². The van der Waals surface area contributed by atoms with Crippen LogP contribution in [0.3, 0.4) is 0 Å². The van der Waals surface area contributed by atoms with Crippen LogP contribution >= 0.6 is 15.9 Å². The first-order chi connectivity index (χ1) is 11.7. The van der Waals surface area contributed by atoms with Crippen molar-refractivity contribution in [1.82, 2.24) is 0 Å². The van der Waals surface area contributed by atoms with Gasteiger partial charge in [-0.05, 0) is 35.4 Å². The van der Waals surface area contributed by atoms with E-state index in [0.717, 1.165) is 16.6 Å². The number of esters is 1. The molecular formula is C16H10BrF2NO4S. The van der Waals surface area contributed by atoms with Gasteiger partial charge < -0.3 is 4.74 Å². The molecule has 130 valence electrons. The lowest BCUT2D eigenvalue weighted by atomic mass is 9.96. The van der Waals surface area contributed by atoms with Crippen molar-refractivity contribution in [3.8, 4) is 0 Å². The molecular weight excluding hydrogens is 420 g/mol. The molecule has 0 radical (unpaired) electrons. The van der Waals surface area contributed by atoms with E-state index >= 15 is 0 Å². The van der Waals surface area contributed by atoms with Gasteiger partial charge in [-0.2, -0.15) is 0 Å². The summed E-state index contributed by atoms with van der Waals surface area (Å²) in [6, 6.07) is 8.35. The molecule has 2 aromatic rings. The number of hydrogen-bond acceptors (Lipinski definition) is 4. The summed E-state index contributed by atoms with van der Waals surface area (Å²) in [7, 11) is -4.56. The Morgan fingerprint density at radius 2 is 1.60 bits per heavy atom. The lowest BCUT2D eigenvalue weighted by molar-refractivity contribution is -0.133. The van der Waals surface area contributed by atoms with Crippen molar-refractivity contribution < 1.29 is 26.7 Å². The number of halogens is 3. The lowest BCUT2D eigenvalue weighted by Gasteiger charge is -2.08. The van der Waals surface area contributed by atoms with Gasteiger partial charge in [0, 0.05) is 10.0 Å². The van der Waals surface area contributed by atoms with E-state index in [1.807, 2.05) is 0 Å². The van der Waals surface area contributed by atoms with Crippen LogP contribution in [-0.2, 0) is 19.6 Å². The molecule has 0 bridgehead atoms. The Bertz CT molecular complexity index is 994. The summed E-state index contributed by atoms with van der Waals surface area (Å²) < 4.78 is 56.5. The fourth-order valence-corrected chi connectivity index (χ4v) is 3.47. The maximum Gasteiger partial charge on any atom is 0.339 e. The summed E-state index contributed by atoms with van der Waals surface area (Å²) in [5.41, 5.74) is 0.934. The number of primary sulfonamides is 1. The van der Waals surface area contributed by atoms with Crippen LogP contribution in [0, 0.1) is 11.6 Å². The number of hydrogen-bond donors (Lipinski definition) is 1. The van der Waals surface area contributed by atoms with Crippen LogP contribution in [0.5, 0.6) is 0 Å². The van der Waals surface area contributed by atoms with Gasteiger partial charge in [0.25, 0.3) is 0 Å². The second-order valence-corrected chi connectivity index (χ2v) is 7.66. The molecule has 5 nitrogen and oxygen atoms in total. The molecule has 1 heterocycles. The first-order valence-corrected chi connectivity index (χ1v) is 9.21. The highest BCUT2D eigenvalue weighted by atomic mass is 79.9. The fourth-order valence-electron chi connectivity index (χ4n) is 2.55. The Balaban J connectivity index is 2.20. The smallest absolute Gasteiger partial charge is 0.339 e. The van der Waals surface area contributed by atoms with Crippen molar-refractivity contribution in [3.63, 3.8) is 0 Å². The Kier molecular flexibility index (Phi) is 4.48. The van der Waals surface area contributed by atoms with Crippen molar-refractivity contribution in [1.29, 1.82) is 0 Å². The first kappa shape index (κ1) is 17.7. The minimum Gasteiger partial charge on any atom is -0.457 e. The van der Waals surface area contributed by atoms with Gasteiger partial charge in [-0.15, -0.1) is 0 Å². The average Bonchev–Trinajstić information content (AvgIpc) is 2.87. The zero-order valence-corrected chi connectivity index (χ0v) is 14.8. The standard InChI is InChI=1S/C16H10BrF2NO4S/c17-10-3-1-8(2-4-10)14-11(7-24-16(14)21)9-5-12(18)15(13(19)6-9)25(20,22)23/h1-6H,7H2,(H2,20,22,23). The third kappa shape index (κ3) is 3.35. The second kappa shape index (κ2) is 6.32. The van der Waals surface area contributed by atoms with Crippen LogP contribution in [0.1, 0.15) is 11.1 Å². The van der Waals surface area contributed by atoms with E-state index in [0.29, 0.717) is 5.56 Å². The van der Waals surface area contributed by atoms with Crippen LogP contribution < -0.4 is 5.14 Å². The first-order valence-electron chi connectivity index (χ1n) is 6.87. The molecule has 3 rings (SSSR count). The molecule has 0 saturated heterocycles. The number of nitrogens with two attached hydrogens (primary N) is 1. The molecule has 0 saturated carbocycles. The SMILES string of the molecule is NS(=O)(=O)c1c(F)cc(C2=C(c3ccc(Br)cc3)C(=O)OC2)cc1F. The number of benzene rings is 2. The molecule has 0 unspecified atom stereocenters. The van der Waals surface area contributed by atoms with Crippen LogP contribution in [0.15, 0.2) is 45.8 Å². The zero-order chi connectivity index (χ0) is 18.4. The third-order valence-corrected chi connectivity index (χ3v) is 5.11. The molecule has 9 heteroatoms. The van der Waals surface area contributed by atoms with Crippen LogP contribution in [0.2, 0.25) is 0 Å². The molecule has 0 aliphatic carbocycles. The molecule has 2 N–H and O–H groups in total. The van der Waals surface area contributed by atoms with Gasteiger partial charge in [0.2, 0.25) is 10.0 Å². The molecule has 1 aliphatic heterocycles. The molecule has 25 heavy (non-hydrogen) atoms. The number of sulfonamides is 1. The summed E-state index contributed by atoms with van der Waals surface area (Å²) >= 11 is 3.27. The van der Waals surface area contributed by atoms with E-state index in [9.17, 15) is 22.0 Å². The molecule has 0 aromatic heterocycles. The molecule has 0 spiro atoms. The number of rotatable bonds is 3. The number of ether oxygens (including phenoxy) is 1. The van der Waals surface area contributed by atoms with Gasteiger partial charge in [-0.3, -0.25) is 0 Å². The summed E-state index contributed by atoms with van der Waals surface area (Å²) in [5, 5.41) is 4.81. The Morgan fingerprint density at radius 1 is 1.04 bits per heavy atom. The second-order valence-electron chi connectivity index (χ2n) is 5.25. The van der Waals surface area contributed by atoms with Crippen LogP contribution in [-0.4, -0.2) is 21.0 Å². The summed E-state index contributed by atoms with van der Waals surface area (Å²) in [6.07, 6.45) is 0. The molecule has 2 aromatic carbocycles. The largest absolute Gasteiger partial charge is 0.457 e. The van der Waals surface area contributed by atoms with Gasteiger partial charge >= 0.3 is 5.97 Å². The summed E-state index contributed by atoms with van der Waals surface area (Å²) in [6.45, 7) is -0.183. The van der Waals surface area contributed by atoms with Gasteiger partial charge in [0.05, 0.1) is 5.57 Å². The molecule has 0 amide bonds. The van der Waals surface area contributed by atoms with Crippen LogP contribution in [0.4, 0.5) is 8.78 Å². The Hall–Kier alpha value is -2.10. The van der Waals surface area contributed by atoms with Gasteiger partial charge in [0.1, 0.15) is 18.2 Å². The summed E-state index contributed by atoms with van der Waals surface area (Å²) in [4.78, 5) is 10.8. The predicted octanol–water partition coefficient (Wildman–Crippen LogP) is 2.84. The minimum atomic E-state index is -4.56. The van der Waals surface area contributed by atoms with E-state index in [2.05, 4.69) is 15.9 Å². The van der Waals surface area contributed by atoms with Crippen molar-refractivity contribution in [2.45, 2.75) is 4.90 Å². The predicted molar refractivity (Wildman–Crippen MR) is 89.6 cm³/mol. The van der Waals surface area contributed by atoms with Gasteiger partial charge in [-0.25, -0.2) is 27.1 Å². The van der Waals surface area contributed by atoms with E-state index in [-0.39, 0.29) is 23.3 Å². The lowest BCUT2D eigenvalue weighted by Crippen LogP contribution is -2.16. The van der Waals surface area contributed by atoms with E-state index in [1.165, 1.54) is 0 Å². The Labute approximate surface area is 150 Å². The van der Waals surface area contributed by atoms with Crippen molar-refractivity contribution >= 4 is 43.1 Å². The van der Waals surface area contributed by atoms with Gasteiger partial charge in [-0.1, -0.05) is 28.1 Å². The average molecular weight is 430 g/mol. The van der Waals surface area contributed by atoms with Gasteiger partial charge in [0.15, 0.2) is 4.90 Å². The maximum absolute atomic E-state index is 14.1. The quantitative estimate of drug-likeness (QED) is 0.759. The highest BCUT2D eigenvalue weighted by molar-refractivity contribution is 9.10. The molecule has 0 atom stereocenters. The van der Waals surface area contributed by atoms with E-state index in [4.69, 9.17) is 9.88 Å². The normalized spacial score (nSPS) is 14.8. The fraction of sp³-hybridized carbons (Fsp3) is 0.0625. The number of carbonyl (C=O) groups excluding carboxylic acids is 1. The monoisotopic (exact) mass is 429 g/mol. The highest BCUT2D eigenvalue weighted by Crippen LogP contribution is 2.35. The summed E-state index contributed by atoms with van der Waals surface area (Å²) in [5.74, 6) is -3.30. The third-order valence-electron chi connectivity index (χ3n) is 3.62. The highest BCUT2D eigenvalue weighted by Gasteiger charge is 2.29. The van der Waals surface area contributed by atoms with Crippen LogP contribution in [0.25, 0.3) is 11.1 Å².